The number of hydrogen-bond donors (Lipinski definition) is 1. The highest BCUT2D eigenvalue weighted by molar-refractivity contribution is 5.31. The Morgan fingerprint density at radius 1 is 1.12 bits per heavy atom. The van der Waals surface area contributed by atoms with E-state index in [0.29, 0.717) is 17.9 Å². The topological polar surface area (TPSA) is 58.3 Å². The van der Waals surface area contributed by atoms with Gasteiger partial charge >= 0.3 is 0 Å². The van der Waals surface area contributed by atoms with Crippen LogP contribution in [0.4, 0.5) is 5.95 Å². The van der Waals surface area contributed by atoms with Crippen molar-refractivity contribution in [1.29, 1.82) is 0 Å². The number of rotatable bonds is 3. The Labute approximate surface area is 143 Å². The van der Waals surface area contributed by atoms with Crippen LogP contribution in [-0.2, 0) is 6.54 Å². The summed E-state index contributed by atoms with van der Waals surface area (Å²) in [5, 5.41) is 0. The summed E-state index contributed by atoms with van der Waals surface area (Å²) in [6.45, 7) is 6.62. The van der Waals surface area contributed by atoms with Crippen molar-refractivity contribution in [3.8, 4) is 0 Å². The molecular formula is C19H25N5. The lowest BCUT2D eigenvalue weighted by atomic mass is 9.88. The van der Waals surface area contributed by atoms with Crippen molar-refractivity contribution in [2.45, 2.75) is 19.5 Å². The van der Waals surface area contributed by atoms with Crippen molar-refractivity contribution in [3.63, 3.8) is 0 Å². The molecule has 126 valence electrons. The van der Waals surface area contributed by atoms with E-state index in [1.807, 2.05) is 12.4 Å². The molecule has 3 heterocycles. The van der Waals surface area contributed by atoms with Gasteiger partial charge in [0, 0.05) is 50.2 Å². The van der Waals surface area contributed by atoms with Gasteiger partial charge in [-0.05, 0) is 36.9 Å². The summed E-state index contributed by atoms with van der Waals surface area (Å²) in [7, 11) is 2.27. The summed E-state index contributed by atoms with van der Waals surface area (Å²) in [5.74, 6) is 1.79. The zero-order valence-electron chi connectivity index (χ0n) is 14.4. The van der Waals surface area contributed by atoms with E-state index in [2.05, 4.69) is 58.0 Å². The zero-order valence-corrected chi connectivity index (χ0v) is 14.4. The summed E-state index contributed by atoms with van der Waals surface area (Å²) >= 11 is 0. The first-order valence-electron chi connectivity index (χ1n) is 8.66. The fraction of sp³-hybridized carbons (Fsp3) is 0.474. The number of anilines is 1. The molecule has 0 amide bonds. The molecule has 2 saturated heterocycles. The molecule has 0 bridgehead atoms. The Morgan fingerprint density at radius 2 is 1.88 bits per heavy atom. The predicted molar refractivity (Wildman–Crippen MR) is 95.3 cm³/mol. The van der Waals surface area contributed by atoms with Gasteiger partial charge in [-0.3, -0.25) is 9.80 Å². The fourth-order valence-corrected chi connectivity index (χ4v) is 4.57. The average Bonchev–Trinajstić information content (AvgIpc) is 3.06. The molecule has 5 heteroatoms. The smallest absolute Gasteiger partial charge is 0.219 e. The van der Waals surface area contributed by atoms with Crippen LogP contribution in [0.15, 0.2) is 36.7 Å². The molecule has 4 rings (SSSR count). The second-order valence-corrected chi connectivity index (χ2v) is 7.31. The second-order valence-electron chi connectivity index (χ2n) is 7.31. The van der Waals surface area contributed by atoms with Crippen molar-refractivity contribution in [1.82, 2.24) is 19.8 Å². The van der Waals surface area contributed by atoms with Gasteiger partial charge in [0.1, 0.15) is 0 Å². The van der Waals surface area contributed by atoms with Crippen molar-refractivity contribution in [2.75, 3.05) is 32.4 Å². The third kappa shape index (κ3) is 2.78. The average molecular weight is 323 g/mol. The number of nitrogen functional groups attached to an aromatic ring is 1. The summed E-state index contributed by atoms with van der Waals surface area (Å²) < 4.78 is 0. The molecule has 3 atom stereocenters. The molecule has 2 aliphatic heterocycles. The molecule has 0 unspecified atom stereocenters. The van der Waals surface area contributed by atoms with E-state index in [-0.39, 0.29) is 0 Å². The standard InChI is InChI=1S/C19H25N5/c1-13-5-3-4-6-16(13)18-17-12-24(11-15(17)10-23(18)2)9-14-7-21-19(20)22-8-14/h3-8,15,17-18H,9-12H2,1-2H3,(H2,20,21,22)/t15-,17+,18+/m0/s1. The van der Waals surface area contributed by atoms with E-state index in [1.165, 1.54) is 17.7 Å². The number of hydrogen-bond acceptors (Lipinski definition) is 5. The molecular weight excluding hydrogens is 298 g/mol. The van der Waals surface area contributed by atoms with Crippen LogP contribution in [0.5, 0.6) is 0 Å². The molecule has 0 radical (unpaired) electrons. The quantitative estimate of drug-likeness (QED) is 0.937. The Morgan fingerprint density at radius 3 is 2.62 bits per heavy atom. The lowest BCUT2D eigenvalue weighted by Crippen LogP contribution is -2.29. The van der Waals surface area contributed by atoms with Crippen molar-refractivity contribution in [3.05, 3.63) is 53.3 Å². The van der Waals surface area contributed by atoms with E-state index in [4.69, 9.17) is 5.73 Å². The second kappa shape index (κ2) is 6.15. The number of fused-ring (bicyclic) bond motifs is 1. The summed E-state index contributed by atoms with van der Waals surface area (Å²) in [4.78, 5) is 13.3. The summed E-state index contributed by atoms with van der Waals surface area (Å²) in [5.41, 5.74) is 9.62. The number of benzene rings is 1. The first-order chi connectivity index (χ1) is 11.6. The third-order valence-corrected chi connectivity index (χ3v) is 5.61. The third-order valence-electron chi connectivity index (χ3n) is 5.61. The molecule has 0 aliphatic carbocycles. The van der Waals surface area contributed by atoms with Gasteiger partial charge in [0.25, 0.3) is 0 Å². The van der Waals surface area contributed by atoms with Gasteiger partial charge in [-0.1, -0.05) is 24.3 Å². The molecule has 0 saturated carbocycles. The minimum absolute atomic E-state index is 0.346. The van der Waals surface area contributed by atoms with Gasteiger partial charge in [-0.2, -0.15) is 0 Å². The first-order valence-corrected chi connectivity index (χ1v) is 8.66. The van der Waals surface area contributed by atoms with Gasteiger partial charge in [-0.25, -0.2) is 9.97 Å². The maximum Gasteiger partial charge on any atom is 0.219 e. The maximum atomic E-state index is 5.58. The van der Waals surface area contributed by atoms with Crippen molar-refractivity contribution >= 4 is 5.95 Å². The lowest BCUT2D eigenvalue weighted by Gasteiger charge is -2.28. The van der Waals surface area contributed by atoms with E-state index in [1.54, 1.807) is 0 Å². The largest absolute Gasteiger partial charge is 0.368 e. The van der Waals surface area contributed by atoms with E-state index < -0.39 is 0 Å². The molecule has 24 heavy (non-hydrogen) atoms. The van der Waals surface area contributed by atoms with Gasteiger partial charge in [0.15, 0.2) is 0 Å². The minimum Gasteiger partial charge on any atom is -0.368 e. The number of aryl methyl sites for hydroxylation is 1. The Hall–Kier alpha value is -1.98. The van der Waals surface area contributed by atoms with Crippen molar-refractivity contribution < 1.29 is 0 Å². The van der Waals surface area contributed by atoms with Crippen molar-refractivity contribution in [2.24, 2.45) is 11.8 Å². The zero-order chi connectivity index (χ0) is 16.7. The molecule has 5 nitrogen and oxygen atoms in total. The van der Waals surface area contributed by atoms with Crippen LogP contribution >= 0.6 is 0 Å². The van der Waals surface area contributed by atoms with Crippen LogP contribution in [0.2, 0.25) is 0 Å². The van der Waals surface area contributed by atoms with E-state index >= 15 is 0 Å². The first kappa shape index (κ1) is 15.5. The van der Waals surface area contributed by atoms with Crippen LogP contribution in [0, 0.1) is 18.8 Å². The molecule has 1 aromatic heterocycles. The Bertz CT molecular complexity index is 714. The SMILES string of the molecule is Cc1ccccc1[C@@H]1[C@@H]2CN(Cc3cnc(N)nc3)C[C@@H]2CN1C. The van der Waals surface area contributed by atoms with E-state index in [9.17, 15) is 0 Å². The maximum absolute atomic E-state index is 5.58. The number of nitrogens with two attached hydrogens (primary N) is 1. The number of likely N-dealkylation sites (tertiary alicyclic amines) is 2. The summed E-state index contributed by atoms with van der Waals surface area (Å²) in [6, 6.07) is 9.36. The van der Waals surface area contributed by atoms with Gasteiger partial charge in [-0.15, -0.1) is 0 Å². The van der Waals surface area contributed by atoms with Gasteiger partial charge in [0.2, 0.25) is 5.95 Å². The van der Waals surface area contributed by atoms with Crippen LogP contribution < -0.4 is 5.73 Å². The normalized spacial score (nSPS) is 27.5. The Balaban J connectivity index is 1.51. The molecule has 2 N–H and O–H groups in total. The predicted octanol–water partition coefficient (Wildman–Crippen LogP) is 2.10. The highest BCUT2D eigenvalue weighted by Gasteiger charge is 2.46. The summed E-state index contributed by atoms with van der Waals surface area (Å²) in [6.07, 6.45) is 3.70. The highest BCUT2D eigenvalue weighted by atomic mass is 15.2. The van der Waals surface area contributed by atoms with Gasteiger partial charge in [0.05, 0.1) is 0 Å². The fourth-order valence-electron chi connectivity index (χ4n) is 4.57. The minimum atomic E-state index is 0.346. The molecule has 1 aromatic carbocycles. The molecule has 2 aromatic rings. The van der Waals surface area contributed by atoms with Crippen LogP contribution in [-0.4, -0.2) is 46.4 Å². The molecule has 2 fully saturated rings. The number of nitrogens with zero attached hydrogens (tertiary/aromatic N) is 4. The Kier molecular flexibility index (Phi) is 3.98. The van der Waals surface area contributed by atoms with Crippen LogP contribution in [0.25, 0.3) is 0 Å². The number of aromatic nitrogens is 2. The highest BCUT2D eigenvalue weighted by Crippen LogP contribution is 2.45. The van der Waals surface area contributed by atoms with Gasteiger partial charge < -0.3 is 5.73 Å². The van der Waals surface area contributed by atoms with Crippen LogP contribution in [0.3, 0.4) is 0 Å². The van der Waals surface area contributed by atoms with Crippen LogP contribution in [0.1, 0.15) is 22.7 Å². The monoisotopic (exact) mass is 323 g/mol. The lowest BCUT2D eigenvalue weighted by molar-refractivity contribution is 0.224. The molecule has 0 spiro atoms. The molecule has 2 aliphatic rings. The van der Waals surface area contributed by atoms with E-state index in [0.717, 1.165) is 31.1 Å².